The van der Waals surface area contributed by atoms with Gasteiger partial charge >= 0.3 is 0 Å². The Morgan fingerprint density at radius 1 is 0.846 bits per heavy atom. The van der Waals surface area contributed by atoms with Gasteiger partial charge in [0.2, 0.25) is 0 Å². The smallest absolute Gasteiger partial charge is 0.140 e. The lowest BCUT2D eigenvalue weighted by molar-refractivity contribution is 0.183. The monoisotopic (exact) mass is 559 g/mol. The van der Waals surface area contributed by atoms with Crippen LogP contribution in [0, 0.1) is 5.92 Å². The number of nitrogens with zero attached hydrogens (tertiary/aromatic N) is 3. The molecule has 0 aliphatic heterocycles. The Labute approximate surface area is 243 Å². The highest BCUT2D eigenvalue weighted by molar-refractivity contribution is 6.35. The van der Waals surface area contributed by atoms with Crippen molar-refractivity contribution in [1.82, 2.24) is 14.5 Å². The molecule has 1 aromatic heterocycles. The van der Waals surface area contributed by atoms with E-state index >= 15 is 0 Å². The quantitative estimate of drug-likeness (QED) is 0.182. The minimum atomic E-state index is 0.680. The van der Waals surface area contributed by atoms with Crippen LogP contribution in [-0.2, 0) is 19.6 Å². The summed E-state index contributed by atoms with van der Waals surface area (Å²) in [6, 6.07) is 27.2. The first kappa shape index (κ1) is 28.0. The van der Waals surface area contributed by atoms with Gasteiger partial charge in [-0.1, -0.05) is 123 Å². The molecule has 1 saturated carbocycles. The van der Waals surface area contributed by atoms with Crippen molar-refractivity contribution in [3.63, 3.8) is 0 Å². The molecule has 5 heteroatoms. The highest BCUT2D eigenvalue weighted by Gasteiger charge is 2.24. The number of imidazole rings is 1. The standard InChI is InChI=1S/C34H39Cl2N3/c1-2-3-21-39-32(33(27-15-9-5-10-16-27)37-34(39)28-17-11-6-12-18-28)25-38(23-26-13-7-4-8-14-26)24-29-19-20-30(35)22-31(29)36/h5-6,9-12,15-20,22,26H,2-4,7-8,13-14,21,23-25H2,1H3. The van der Waals surface area contributed by atoms with Crippen molar-refractivity contribution in [2.24, 2.45) is 5.92 Å². The van der Waals surface area contributed by atoms with Gasteiger partial charge in [0.15, 0.2) is 0 Å². The Bertz CT molecular complexity index is 1330. The minimum Gasteiger partial charge on any atom is -0.326 e. The molecule has 0 radical (unpaired) electrons. The zero-order valence-corrected chi connectivity index (χ0v) is 24.5. The molecule has 0 spiro atoms. The van der Waals surface area contributed by atoms with Crippen molar-refractivity contribution >= 4 is 23.2 Å². The number of hydrogen-bond donors (Lipinski definition) is 0. The van der Waals surface area contributed by atoms with Crippen molar-refractivity contribution in [1.29, 1.82) is 0 Å². The van der Waals surface area contributed by atoms with Crippen molar-refractivity contribution in [2.75, 3.05) is 6.54 Å². The normalized spacial score (nSPS) is 14.3. The Kier molecular flexibility index (Phi) is 9.79. The second kappa shape index (κ2) is 13.7. The van der Waals surface area contributed by atoms with Crippen LogP contribution in [0.2, 0.25) is 10.0 Å². The fourth-order valence-electron chi connectivity index (χ4n) is 5.86. The lowest BCUT2D eigenvalue weighted by Gasteiger charge is -2.31. The summed E-state index contributed by atoms with van der Waals surface area (Å²) in [6.07, 6.45) is 8.90. The second-order valence-electron chi connectivity index (χ2n) is 10.9. The predicted molar refractivity (Wildman–Crippen MR) is 165 cm³/mol. The second-order valence-corrected chi connectivity index (χ2v) is 11.7. The molecule has 0 amide bonds. The van der Waals surface area contributed by atoms with Crippen LogP contribution in [0.25, 0.3) is 22.6 Å². The molecule has 3 nitrogen and oxygen atoms in total. The van der Waals surface area contributed by atoms with Crippen molar-refractivity contribution in [3.8, 4) is 22.6 Å². The Morgan fingerprint density at radius 2 is 1.54 bits per heavy atom. The molecule has 1 aliphatic carbocycles. The molecular weight excluding hydrogens is 521 g/mol. The number of unbranched alkanes of at least 4 members (excludes halogenated alkanes) is 1. The first-order valence-electron chi connectivity index (χ1n) is 14.5. The summed E-state index contributed by atoms with van der Waals surface area (Å²) in [5, 5.41) is 1.42. The molecule has 4 aromatic rings. The van der Waals surface area contributed by atoms with E-state index in [0.717, 1.165) is 66.7 Å². The molecule has 0 saturated heterocycles. The number of rotatable bonds is 11. The molecule has 1 fully saturated rings. The van der Waals surface area contributed by atoms with Gasteiger partial charge < -0.3 is 4.57 Å². The molecule has 5 rings (SSSR count). The first-order chi connectivity index (χ1) is 19.1. The van der Waals surface area contributed by atoms with Gasteiger partial charge in [-0.15, -0.1) is 0 Å². The minimum absolute atomic E-state index is 0.680. The average Bonchev–Trinajstić information content (AvgIpc) is 3.32. The summed E-state index contributed by atoms with van der Waals surface area (Å²) in [5.41, 5.74) is 5.83. The van der Waals surface area contributed by atoms with E-state index in [4.69, 9.17) is 28.2 Å². The SMILES string of the molecule is CCCCn1c(-c2ccccc2)nc(-c2ccccc2)c1CN(Cc1ccc(Cl)cc1Cl)CC1CCCCC1. The molecule has 204 valence electrons. The van der Waals surface area contributed by atoms with E-state index < -0.39 is 0 Å². The topological polar surface area (TPSA) is 21.1 Å². The lowest BCUT2D eigenvalue weighted by atomic mass is 9.89. The fourth-order valence-corrected chi connectivity index (χ4v) is 6.33. The van der Waals surface area contributed by atoms with Gasteiger partial charge in [-0.2, -0.15) is 0 Å². The largest absolute Gasteiger partial charge is 0.326 e. The van der Waals surface area contributed by atoms with Crippen LogP contribution in [0.5, 0.6) is 0 Å². The van der Waals surface area contributed by atoms with E-state index in [9.17, 15) is 0 Å². The Morgan fingerprint density at radius 3 is 2.21 bits per heavy atom. The van der Waals surface area contributed by atoms with Gasteiger partial charge in [0.1, 0.15) is 5.82 Å². The first-order valence-corrected chi connectivity index (χ1v) is 15.2. The third kappa shape index (κ3) is 7.14. The average molecular weight is 561 g/mol. The van der Waals surface area contributed by atoms with E-state index in [0.29, 0.717) is 10.9 Å². The maximum Gasteiger partial charge on any atom is 0.140 e. The number of aromatic nitrogens is 2. The fraction of sp³-hybridized carbons (Fsp3) is 0.382. The van der Waals surface area contributed by atoms with Gasteiger partial charge in [0, 0.05) is 47.4 Å². The van der Waals surface area contributed by atoms with Gasteiger partial charge in [-0.05, 0) is 42.9 Å². The van der Waals surface area contributed by atoms with Gasteiger partial charge in [-0.25, -0.2) is 4.98 Å². The van der Waals surface area contributed by atoms with Gasteiger partial charge in [-0.3, -0.25) is 4.90 Å². The molecule has 0 bridgehead atoms. The molecule has 3 aromatic carbocycles. The van der Waals surface area contributed by atoms with Crippen molar-refractivity contribution < 1.29 is 0 Å². The van der Waals surface area contributed by atoms with Gasteiger partial charge in [0.25, 0.3) is 0 Å². The van der Waals surface area contributed by atoms with Crippen LogP contribution in [-0.4, -0.2) is 21.0 Å². The third-order valence-corrected chi connectivity index (χ3v) is 8.50. The summed E-state index contributed by atoms with van der Waals surface area (Å²) in [6.45, 7) is 5.89. The molecule has 39 heavy (non-hydrogen) atoms. The summed E-state index contributed by atoms with van der Waals surface area (Å²) < 4.78 is 2.48. The summed E-state index contributed by atoms with van der Waals surface area (Å²) in [4.78, 5) is 7.94. The predicted octanol–water partition coefficient (Wildman–Crippen LogP) is 9.91. The van der Waals surface area contributed by atoms with Crippen LogP contribution in [0.1, 0.15) is 63.1 Å². The Balaban J connectivity index is 1.58. The summed E-state index contributed by atoms with van der Waals surface area (Å²) >= 11 is 12.9. The number of hydrogen-bond acceptors (Lipinski definition) is 2. The summed E-state index contributed by atoms with van der Waals surface area (Å²) in [7, 11) is 0. The van der Waals surface area contributed by atoms with E-state index in [1.807, 2.05) is 12.1 Å². The van der Waals surface area contributed by atoms with Gasteiger partial charge in [0.05, 0.1) is 11.4 Å². The highest BCUT2D eigenvalue weighted by Crippen LogP contribution is 2.33. The zero-order valence-electron chi connectivity index (χ0n) is 23.0. The summed E-state index contributed by atoms with van der Waals surface area (Å²) in [5.74, 6) is 1.77. The van der Waals surface area contributed by atoms with Crippen LogP contribution in [0.3, 0.4) is 0 Å². The number of halogens is 2. The molecule has 0 N–H and O–H groups in total. The van der Waals surface area contributed by atoms with E-state index in [1.165, 1.54) is 43.4 Å². The van der Waals surface area contributed by atoms with Crippen LogP contribution >= 0.6 is 23.2 Å². The zero-order chi connectivity index (χ0) is 27.0. The molecule has 0 atom stereocenters. The van der Waals surface area contributed by atoms with E-state index in [2.05, 4.69) is 83.1 Å². The van der Waals surface area contributed by atoms with Crippen molar-refractivity contribution in [2.45, 2.75) is 71.5 Å². The maximum absolute atomic E-state index is 6.70. The van der Waals surface area contributed by atoms with Crippen LogP contribution < -0.4 is 0 Å². The molecule has 0 unspecified atom stereocenters. The molecular formula is C34H39Cl2N3. The van der Waals surface area contributed by atoms with Crippen molar-refractivity contribution in [3.05, 3.63) is 100 Å². The number of benzene rings is 3. The lowest BCUT2D eigenvalue weighted by Crippen LogP contribution is -2.31. The third-order valence-electron chi connectivity index (χ3n) is 7.91. The van der Waals surface area contributed by atoms with Crippen LogP contribution in [0.15, 0.2) is 78.9 Å². The molecule has 1 heterocycles. The highest BCUT2D eigenvalue weighted by atomic mass is 35.5. The van der Waals surface area contributed by atoms with E-state index in [-0.39, 0.29) is 0 Å². The Hall–Kier alpha value is -2.59. The van der Waals surface area contributed by atoms with E-state index in [1.54, 1.807) is 0 Å². The maximum atomic E-state index is 6.70. The molecule has 1 aliphatic rings. The van der Waals surface area contributed by atoms with Crippen LogP contribution in [0.4, 0.5) is 0 Å².